The van der Waals surface area contributed by atoms with Crippen molar-refractivity contribution in [2.75, 3.05) is 5.73 Å². The monoisotopic (exact) mass is 254 g/mol. The molecule has 0 atom stereocenters. The Morgan fingerprint density at radius 3 is 2.92 bits per heavy atom. The Morgan fingerprint density at radius 1 is 1.46 bits per heavy atom. The van der Waals surface area contributed by atoms with E-state index < -0.39 is 0 Å². The maximum absolute atomic E-state index is 5.54. The molecular weight excluding hydrogens is 248 g/mol. The largest absolute Gasteiger partial charge is 0.384 e. The average Bonchev–Trinajstić information content (AvgIpc) is 2.56. The van der Waals surface area contributed by atoms with Crippen LogP contribution in [-0.4, -0.2) is 4.98 Å². The summed E-state index contributed by atoms with van der Waals surface area (Å²) in [6, 6.07) is 5.89. The van der Waals surface area contributed by atoms with Gasteiger partial charge in [0.25, 0.3) is 0 Å². The number of nitrogens with zero attached hydrogens (tertiary/aromatic N) is 1. The summed E-state index contributed by atoms with van der Waals surface area (Å²) >= 11 is 5.14. The van der Waals surface area contributed by atoms with Gasteiger partial charge in [-0.15, -0.1) is 11.3 Å². The van der Waals surface area contributed by atoms with Crippen molar-refractivity contribution in [3.8, 4) is 10.4 Å². The van der Waals surface area contributed by atoms with Crippen molar-refractivity contribution in [1.82, 2.24) is 4.98 Å². The molecule has 0 bridgehead atoms. The Balaban J connectivity index is 2.53. The molecule has 0 aliphatic rings. The van der Waals surface area contributed by atoms with Crippen molar-refractivity contribution in [3.63, 3.8) is 0 Å². The lowest BCUT2D eigenvalue weighted by atomic mass is 10.2. The minimum Gasteiger partial charge on any atom is -0.384 e. The fourth-order valence-corrected chi connectivity index (χ4v) is 2.49. The quantitative estimate of drug-likeness (QED) is 0.850. The molecule has 0 aliphatic carbocycles. The minimum atomic E-state index is 0.534. The molecule has 0 fully saturated rings. The summed E-state index contributed by atoms with van der Waals surface area (Å²) in [7, 11) is 0. The van der Waals surface area contributed by atoms with Crippen molar-refractivity contribution in [2.24, 2.45) is 0 Å². The van der Waals surface area contributed by atoms with Crippen molar-refractivity contribution in [3.05, 3.63) is 34.2 Å². The summed E-state index contributed by atoms with van der Waals surface area (Å²) in [5, 5.41) is 2.04. The summed E-state index contributed by atoms with van der Waals surface area (Å²) < 4.78 is 0.988. The van der Waals surface area contributed by atoms with Crippen LogP contribution >= 0.6 is 27.3 Å². The van der Waals surface area contributed by atoms with Crippen LogP contribution in [0.5, 0.6) is 0 Å². The van der Waals surface area contributed by atoms with Gasteiger partial charge < -0.3 is 5.73 Å². The van der Waals surface area contributed by atoms with E-state index in [1.807, 2.05) is 17.5 Å². The molecule has 0 radical (unpaired) electrons. The molecule has 0 spiro atoms. The summed E-state index contributed by atoms with van der Waals surface area (Å²) in [5.74, 6) is 0.534. The first-order valence-electron chi connectivity index (χ1n) is 3.72. The van der Waals surface area contributed by atoms with Crippen LogP contribution in [0.25, 0.3) is 10.4 Å². The highest BCUT2D eigenvalue weighted by Crippen LogP contribution is 2.31. The number of nitrogens with two attached hydrogens (primary N) is 1. The standard InChI is InChI=1S/C9H7BrN2S/c10-7-4-9(11)12-5-6(7)8-2-1-3-13-8/h1-5H,(H2,11,12). The highest BCUT2D eigenvalue weighted by Gasteiger charge is 2.04. The van der Waals surface area contributed by atoms with Crippen LogP contribution in [0.1, 0.15) is 0 Å². The van der Waals surface area contributed by atoms with Crippen molar-refractivity contribution in [1.29, 1.82) is 0 Å². The zero-order chi connectivity index (χ0) is 9.26. The number of anilines is 1. The molecule has 0 aliphatic heterocycles. The van der Waals surface area contributed by atoms with Gasteiger partial charge in [0.05, 0.1) is 0 Å². The topological polar surface area (TPSA) is 38.9 Å². The fraction of sp³-hybridized carbons (Fsp3) is 0. The maximum Gasteiger partial charge on any atom is 0.124 e. The molecule has 13 heavy (non-hydrogen) atoms. The lowest BCUT2D eigenvalue weighted by molar-refractivity contribution is 1.33. The molecule has 66 valence electrons. The Bertz CT molecular complexity index is 412. The second kappa shape index (κ2) is 3.47. The number of rotatable bonds is 1. The van der Waals surface area contributed by atoms with Gasteiger partial charge in [0.1, 0.15) is 5.82 Å². The summed E-state index contributed by atoms with van der Waals surface area (Å²) in [5.41, 5.74) is 6.63. The van der Waals surface area contributed by atoms with Crippen LogP contribution in [0, 0.1) is 0 Å². The van der Waals surface area contributed by atoms with E-state index in [0.717, 1.165) is 10.0 Å². The number of hydrogen-bond donors (Lipinski definition) is 1. The van der Waals surface area contributed by atoms with Gasteiger partial charge in [0, 0.05) is 21.1 Å². The van der Waals surface area contributed by atoms with Crippen molar-refractivity contribution < 1.29 is 0 Å². The molecule has 2 aromatic rings. The van der Waals surface area contributed by atoms with Crippen LogP contribution in [0.15, 0.2) is 34.2 Å². The Labute approximate surface area is 88.6 Å². The van der Waals surface area contributed by atoms with Crippen LogP contribution < -0.4 is 5.73 Å². The first kappa shape index (κ1) is 8.72. The van der Waals surface area contributed by atoms with Crippen LogP contribution in [0.4, 0.5) is 5.82 Å². The SMILES string of the molecule is Nc1cc(Br)c(-c2cccs2)cn1. The molecule has 2 nitrogen and oxygen atoms in total. The zero-order valence-electron chi connectivity index (χ0n) is 6.70. The lowest BCUT2D eigenvalue weighted by Gasteiger charge is -2.01. The second-order valence-corrected chi connectivity index (χ2v) is 4.37. The van der Waals surface area contributed by atoms with E-state index in [4.69, 9.17) is 5.73 Å². The van der Waals surface area contributed by atoms with Crippen molar-refractivity contribution >= 4 is 33.1 Å². The first-order valence-corrected chi connectivity index (χ1v) is 5.39. The fourth-order valence-electron chi connectivity index (χ4n) is 1.06. The van der Waals surface area contributed by atoms with Crippen LogP contribution in [-0.2, 0) is 0 Å². The smallest absolute Gasteiger partial charge is 0.124 e. The summed E-state index contributed by atoms with van der Waals surface area (Å²) in [4.78, 5) is 5.24. The predicted octanol–water partition coefficient (Wildman–Crippen LogP) is 3.15. The Morgan fingerprint density at radius 2 is 2.31 bits per heavy atom. The molecule has 2 aromatic heterocycles. The van der Waals surface area contributed by atoms with E-state index in [-0.39, 0.29) is 0 Å². The van der Waals surface area contributed by atoms with Gasteiger partial charge in [-0.3, -0.25) is 0 Å². The van der Waals surface area contributed by atoms with Gasteiger partial charge in [-0.2, -0.15) is 0 Å². The number of nitrogen functional groups attached to an aromatic ring is 1. The van der Waals surface area contributed by atoms with E-state index >= 15 is 0 Å². The minimum absolute atomic E-state index is 0.534. The summed E-state index contributed by atoms with van der Waals surface area (Å²) in [6.45, 7) is 0. The zero-order valence-corrected chi connectivity index (χ0v) is 9.10. The van der Waals surface area contributed by atoms with E-state index in [1.54, 1.807) is 17.5 Å². The third-order valence-corrected chi connectivity index (χ3v) is 3.22. The lowest BCUT2D eigenvalue weighted by Crippen LogP contribution is -1.89. The van der Waals surface area contributed by atoms with Crippen LogP contribution in [0.2, 0.25) is 0 Å². The molecular formula is C9H7BrN2S. The molecule has 2 rings (SSSR count). The van der Waals surface area contributed by atoms with Crippen LogP contribution in [0.3, 0.4) is 0 Å². The molecule has 2 N–H and O–H groups in total. The van der Waals surface area contributed by atoms with Gasteiger partial charge in [-0.25, -0.2) is 4.98 Å². The Hall–Kier alpha value is -0.870. The number of thiophene rings is 1. The first-order chi connectivity index (χ1) is 6.27. The molecule has 0 saturated heterocycles. The van der Waals surface area contributed by atoms with E-state index in [9.17, 15) is 0 Å². The summed E-state index contributed by atoms with van der Waals surface area (Å²) in [6.07, 6.45) is 1.78. The number of hydrogen-bond acceptors (Lipinski definition) is 3. The molecule has 0 saturated carbocycles. The molecule has 0 aromatic carbocycles. The van der Waals surface area contributed by atoms with Gasteiger partial charge in [0.2, 0.25) is 0 Å². The van der Waals surface area contributed by atoms with Crippen molar-refractivity contribution in [2.45, 2.75) is 0 Å². The number of aromatic nitrogens is 1. The third kappa shape index (κ3) is 1.73. The molecule has 2 heterocycles. The Kier molecular flexibility index (Phi) is 2.33. The number of halogens is 1. The van der Waals surface area contributed by atoms with Gasteiger partial charge >= 0.3 is 0 Å². The van der Waals surface area contributed by atoms with Gasteiger partial charge in [-0.05, 0) is 33.4 Å². The van der Waals surface area contributed by atoms with E-state index in [1.165, 1.54) is 4.88 Å². The normalized spacial score (nSPS) is 10.2. The van der Waals surface area contributed by atoms with E-state index in [0.29, 0.717) is 5.82 Å². The van der Waals surface area contributed by atoms with Gasteiger partial charge in [0.15, 0.2) is 0 Å². The number of pyridine rings is 1. The molecule has 0 amide bonds. The molecule has 0 unspecified atom stereocenters. The average molecular weight is 255 g/mol. The second-order valence-electron chi connectivity index (χ2n) is 2.57. The predicted molar refractivity (Wildman–Crippen MR) is 59.7 cm³/mol. The van der Waals surface area contributed by atoms with Gasteiger partial charge in [-0.1, -0.05) is 6.07 Å². The maximum atomic E-state index is 5.54. The van der Waals surface area contributed by atoms with E-state index in [2.05, 4.69) is 27.0 Å². The highest BCUT2D eigenvalue weighted by molar-refractivity contribution is 9.10. The molecule has 4 heteroatoms. The highest BCUT2D eigenvalue weighted by atomic mass is 79.9. The third-order valence-electron chi connectivity index (χ3n) is 1.66.